The van der Waals surface area contributed by atoms with Gasteiger partial charge in [0, 0.05) is 12.3 Å². The lowest BCUT2D eigenvalue weighted by Gasteiger charge is -2.27. The summed E-state index contributed by atoms with van der Waals surface area (Å²) < 4.78 is 5.73. The molecule has 0 radical (unpaired) electrons. The Hall–Kier alpha value is -2.99. The van der Waals surface area contributed by atoms with Crippen molar-refractivity contribution in [1.82, 2.24) is 4.98 Å². The number of rotatable bonds is 6. The summed E-state index contributed by atoms with van der Waals surface area (Å²) in [5.41, 5.74) is 1.87. The van der Waals surface area contributed by atoms with Gasteiger partial charge in [-0.25, -0.2) is 4.98 Å². The average molecular weight is 421 g/mol. The van der Waals surface area contributed by atoms with Gasteiger partial charge in [-0.15, -0.1) is 11.3 Å². The Labute approximate surface area is 180 Å². The molecule has 0 bridgehead atoms. The second-order valence-electron chi connectivity index (χ2n) is 7.54. The predicted molar refractivity (Wildman–Crippen MR) is 118 cm³/mol. The zero-order valence-corrected chi connectivity index (χ0v) is 17.7. The summed E-state index contributed by atoms with van der Waals surface area (Å²) in [4.78, 5) is 31.4. The number of thiazole rings is 1. The highest BCUT2D eigenvalue weighted by Crippen LogP contribution is 2.42. The predicted octanol–water partition coefficient (Wildman–Crippen LogP) is 5.38. The monoisotopic (exact) mass is 420 g/mol. The fraction of sp³-hybridized carbons (Fsp3) is 0.292. The van der Waals surface area contributed by atoms with Crippen LogP contribution in [0, 0.1) is 0 Å². The maximum absolute atomic E-state index is 13.1. The van der Waals surface area contributed by atoms with Crippen LogP contribution in [0.2, 0.25) is 0 Å². The number of hydrogen-bond acceptors (Lipinski definition) is 5. The summed E-state index contributed by atoms with van der Waals surface area (Å²) in [7, 11) is 0. The van der Waals surface area contributed by atoms with Gasteiger partial charge in [-0.2, -0.15) is 0 Å². The number of anilines is 2. The zero-order chi connectivity index (χ0) is 21.0. The number of ether oxygens (including phenoxy) is 1. The summed E-state index contributed by atoms with van der Waals surface area (Å²) in [5.74, 6) is -0.305. The van der Waals surface area contributed by atoms with Crippen molar-refractivity contribution in [3.05, 3.63) is 77.3 Å². The van der Waals surface area contributed by atoms with Crippen molar-refractivity contribution in [3.8, 4) is 0 Å². The Morgan fingerprint density at radius 1 is 1.03 bits per heavy atom. The minimum absolute atomic E-state index is 0.102. The molecule has 0 spiro atoms. The lowest BCUT2D eigenvalue weighted by molar-refractivity contribution is -0.152. The number of nitrogens with zero attached hydrogens (tertiary/aromatic N) is 2. The highest BCUT2D eigenvalue weighted by molar-refractivity contribution is 7.14. The molecular formula is C24H24N2O3S. The summed E-state index contributed by atoms with van der Waals surface area (Å²) in [5, 5.41) is 2.41. The molecule has 3 aromatic rings. The molecule has 0 unspecified atom stereocenters. The lowest BCUT2D eigenvalue weighted by Crippen LogP contribution is -2.34. The molecule has 1 amide bonds. The van der Waals surface area contributed by atoms with E-state index < -0.39 is 5.41 Å². The maximum atomic E-state index is 13.1. The molecule has 1 aliphatic carbocycles. The first-order valence-corrected chi connectivity index (χ1v) is 11.0. The van der Waals surface area contributed by atoms with Gasteiger partial charge in [0.25, 0.3) is 0 Å². The third kappa shape index (κ3) is 4.00. The van der Waals surface area contributed by atoms with Crippen LogP contribution in [0.15, 0.2) is 66.0 Å². The topological polar surface area (TPSA) is 59.5 Å². The number of aromatic nitrogens is 1. The van der Waals surface area contributed by atoms with Gasteiger partial charge in [0.2, 0.25) is 5.91 Å². The van der Waals surface area contributed by atoms with Crippen LogP contribution in [-0.2, 0) is 26.3 Å². The van der Waals surface area contributed by atoms with Crippen molar-refractivity contribution < 1.29 is 14.3 Å². The minimum Gasteiger partial charge on any atom is -0.458 e. The van der Waals surface area contributed by atoms with E-state index in [9.17, 15) is 9.59 Å². The molecule has 0 saturated heterocycles. The van der Waals surface area contributed by atoms with Crippen molar-refractivity contribution in [2.45, 2.75) is 44.6 Å². The molecule has 6 heteroatoms. The van der Waals surface area contributed by atoms with E-state index in [0.29, 0.717) is 10.8 Å². The van der Waals surface area contributed by atoms with Crippen molar-refractivity contribution >= 4 is 34.0 Å². The number of benzene rings is 2. The van der Waals surface area contributed by atoms with E-state index in [1.807, 2.05) is 66.0 Å². The highest BCUT2D eigenvalue weighted by Gasteiger charge is 2.44. The molecule has 1 saturated carbocycles. The Bertz CT molecular complexity index is 1010. The van der Waals surface area contributed by atoms with Crippen molar-refractivity contribution in [2.75, 3.05) is 4.90 Å². The van der Waals surface area contributed by atoms with Crippen LogP contribution in [-0.4, -0.2) is 16.9 Å². The van der Waals surface area contributed by atoms with Crippen LogP contribution < -0.4 is 4.90 Å². The molecule has 0 N–H and O–H groups in total. The van der Waals surface area contributed by atoms with E-state index in [0.717, 1.165) is 36.9 Å². The molecule has 1 heterocycles. The van der Waals surface area contributed by atoms with Gasteiger partial charge < -0.3 is 4.74 Å². The molecule has 0 aliphatic heterocycles. The SMILES string of the molecule is CC(=O)N(c1ccccc1)c1nc(COC(=O)C2(c3ccccc3)CCCC2)cs1. The van der Waals surface area contributed by atoms with E-state index >= 15 is 0 Å². The molecule has 154 valence electrons. The molecule has 0 atom stereocenters. The molecule has 5 nitrogen and oxygen atoms in total. The van der Waals surface area contributed by atoms with Crippen LogP contribution in [0.25, 0.3) is 0 Å². The number of carbonyl (C=O) groups is 2. The van der Waals surface area contributed by atoms with Crippen LogP contribution >= 0.6 is 11.3 Å². The van der Waals surface area contributed by atoms with Crippen LogP contribution in [0.1, 0.15) is 43.9 Å². The third-order valence-electron chi connectivity index (χ3n) is 5.59. The average Bonchev–Trinajstić information content (AvgIpc) is 3.44. The standard InChI is InChI=1S/C24H24N2O3S/c1-18(27)26(21-12-6-3-7-13-21)23-25-20(17-30-23)16-29-22(28)24(14-8-9-15-24)19-10-4-2-5-11-19/h2-7,10-13,17H,8-9,14-16H2,1H3. The van der Waals surface area contributed by atoms with Crippen molar-refractivity contribution in [2.24, 2.45) is 0 Å². The van der Waals surface area contributed by atoms with Gasteiger partial charge in [-0.1, -0.05) is 61.4 Å². The van der Waals surface area contributed by atoms with Gasteiger partial charge in [0.1, 0.15) is 6.61 Å². The zero-order valence-electron chi connectivity index (χ0n) is 16.9. The lowest BCUT2D eigenvalue weighted by atomic mass is 9.79. The Kier molecular flexibility index (Phi) is 5.95. The fourth-order valence-electron chi connectivity index (χ4n) is 4.09. The van der Waals surface area contributed by atoms with Gasteiger partial charge in [-0.3, -0.25) is 14.5 Å². The van der Waals surface area contributed by atoms with E-state index in [1.54, 1.807) is 4.90 Å². The third-order valence-corrected chi connectivity index (χ3v) is 6.46. The van der Waals surface area contributed by atoms with E-state index in [2.05, 4.69) is 4.98 Å². The van der Waals surface area contributed by atoms with E-state index in [-0.39, 0.29) is 18.5 Å². The van der Waals surface area contributed by atoms with Gasteiger partial charge in [0.15, 0.2) is 5.13 Å². The molecule has 1 aliphatic rings. The molecule has 1 aromatic heterocycles. The normalized spacial score (nSPS) is 15.0. The summed E-state index contributed by atoms with van der Waals surface area (Å²) >= 11 is 1.36. The number of esters is 1. The number of carbonyl (C=O) groups excluding carboxylic acids is 2. The van der Waals surface area contributed by atoms with Crippen molar-refractivity contribution in [3.63, 3.8) is 0 Å². The largest absolute Gasteiger partial charge is 0.458 e. The molecular weight excluding hydrogens is 396 g/mol. The fourth-order valence-corrected chi connectivity index (χ4v) is 4.96. The first kappa shape index (κ1) is 20.3. The van der Waals surface area contributed by atoms with Crippen LogP contribution in [0.5, 0.6) is 0 Å². The minimum atomic E-state index is -0.560. The number of para-hydroxylation sites is 1. The highest BCUT2D eigenvalue weighted by atomic mass is 32.1. The van der Waals surface area contributed by atoms with Gasteiger partial charge in [-0.05, 0) is 30.5 Å². The quantitative estimate of drug-likeness (QED) is 0.502. The number of hydrogen-bond donors (Lipinski definition) is 0. The smallest absolute Gasteiger partial charge is 0.316 e. The maximum Gasteiger partial charge on any atom is 0.316 e. The second kappa shape index (κ2) is 8.79. The first-order chi connectivity index (χ1) is 14.6. The Balaban J connectivity index is 1.49. The molecule has 2 aromatic carbocycles. The molecule has 4 rings (SSSR count). The van der Waals surface area contributed by atoms with Gasteiger partial charge in [0.05, 0.1) is 16.8 Å². The van der Waals surface area contributed by atoms with Gasteiger partial charge >= 0.3 is 5.97 Å². The first-order valence-electron chi connectivity index (χ1n) is 10.1. The summed E-state index contributed by atoms with van der Waals surface area (Å²) in [6.45, 7) is 1.61. The molecule has 30 heavy (non-hydrogen) atoms. The summed E-state index contributed by atoms with van der Waals surface area (Å²) in [6, 6.07) is 19.3. The van der Waals surface area contributed by atoms with E-state index in [1.165, 1.54) is 18.3 Å². The Morgan fingerprint density at radius 3 is 2.30 bits per heavy atom. The van der Waals surface area contributed by atoms with Crippen molar-refractivity contribution in [1.29, 1.82) is 0 Å². The summed E-state index contributed by atoms with van der Waals surface area (Å²) in [6.07, 6.45) is 3.67. The Morgan fingerprint density at radius 2 is 1.67 bits per heavy atom. The number of amides is 1. The van der Waals surface area contributed by atoms with E-state index in [4.69, 9.17) is 4.74 Å². The van der Waals surface area contributed by atoms with Crippen LogP contribution in [0.4, 0.5) is 10.8 Å². The van der Waals surface area contributed by atoms with Crippen LogP contribution in [0.3, 0.4) is 0 Å². The molecule has 1 fully saturated rings. The second-order valence-corrected chi connectivity index (χ2v) is 8.38.